The molecule has 0 aliphatic heterocycles. The van der Waals surface area contributed by atoms with Gasteiger partial charge in [0, 0.05) is 16.7 Å². The Kier molecular flexibility index (Phi) is 7.75. The van der Waals surface area contributed by atoms with Crippen molar-refractivity contribution >= 4 is 5.97 Å². The van der Waals surface area contributed by atoms with Gasteiger partial charge in [-0.25, -0.2) is 9.89 Å². The number of ether oxygens (including phenoxy) is 2. The SMILES string of the molecule is COc1ccc(-c2c(-c3ccccc3)n[nH]c(=O)c2CC2CCC(COCC(=O)O)CC2)cc1. The third-order valence-corrected chi connectivity index (χ3v) is 6.55. The number of hydrogen-bond acceptors (Lipinski definition) is 5. The van der Waals surface area contributed by atoms with Gasteiger partial charge in [0.25, 0.3) is 5.56 Å². The fourth-order valence-corrected chi connectivity index (χ4v) is 4.76. The van der Waals surface area contributed by atoms with E-state index in [1.54, 1.807) is 7.11 Å². The van der Waals surface area contributed by atoms with Crippen LogP contribution in [-0.2, 0) is 16.0 Å². The van der Waals surface area contributed by atoms with E-state index in [1.165, 1.54) is 0 Å². The average molecular weight is 463 g/mol. The van der Waals surface area contributed by atoms with Crippen molar-refractivity contribution in [3.63, 3.8) is 0 Å². The molecule has 0 unspecified atom stereocenters. The van der Waals surface area contributed by atoms with Crippen LogP contribution in [0.2, 0.25) is 0 Å². The number of aliphatic carboxylic acids is 1. The van der Waals surface area contributed by atoms with E-state index in [0.29, 0.717) is 24.9 Å². The normalized spacial score (nSPS) is 17.9. The van der Waals surface area contributed by atoms with Gasteiger partial charge in [0.05, 0.1) is 19.4 Å². The Morgan fingerprint density at radius 2 is 1.68 bits per heavy atom. The Morgan fingerprint density at radius 1 is 1.00 bits per heavy atom. The first-order valence-corrected chi connectivity index (χ1v) is 11.7. The molecule has 178 valence electrons. The number of nitrogens with one attached hydrogen (secondary N) is 1. The summed E-state index contributed by atoms with van der Waals surface area (Å²) in [5.41, 5.74) is 4.11. The van der Waals surface area contributed by atoms with Crippen LogP contribution in [0.5, 0.6) is 5.75 Å². The van der Waals surface area contributed by atoms with Gasteiger partial charge < -0.3 is 14.6 Å². The van der Waals surface area contributed by atoms with E-state index in [0.717, 1.165) is 59.4 Å². The molecule has 4 rings (SSSR count). The molecule has 2 N–H and O–H groups in total. The standard InChI is InChI=1S/C27H30N2O5/c1-33-22-13-11-20(12-14-22)25-23(27(32)29-28-26(25)21-5-3-2-4-6-21)15-18-7-9-19(10-8-18)16-34-17-24(30)31/h2-6,11-14,18-19H,7-10,15-17H2,1H3,(H,29,32)(H,30,31). The van der Waals surface area contributed by atoms with Crippen molar-refractivity contribution in [2.24, 2.45) is 11.8 Å². The first-order chi connectivity index (χ1) is 16.5. The van der Waals surface area contributed by atoms with Crippen LogP contribution in [-0.4, -0.2) is 41.6 Å². The molecule has 2 aromatic carbocycles. The van der Waals surface area contributed by atoms with Gasteiger partial charge in [-0.1, -0.05) is 42.5 Å². The van der Waals surface area contributed by atoms with Gasteiger partial charge in [-0.15, -0.1) is 0 Å². The lowest BCUT2D eigenvalue weighted by molar-refractivity contribution is -0.142. The van der Waals surface area contributed by atoms with Crippen molar-refractivity contribution in [1.82, 2.24) is 10.2 Å². The summed E-state index contributed by atoms with van der Waals surface area (Å²) in [5.74, 6) is 0.561. The van der Waals surface area contributed by atoms with Crippen LogP contribution in [0.4, 0.5) is 0 Å². The summed E-state index contributed by atoms with van der Waals surface area (Å²) in [6, 6.07) is 17.6. The highest BCUT2D eigenvalue weighted by atomic mass is 16.5. The molecule has 0 spiro atoms. The average Bonchev–Trinajstić information content (AvgIpc) is 2.86. The number of H-pyrrole nitrogens is 1. The van der Waals surface area contributed by atoms with Crippen molar-refractivity contribution in [3.8, 4) is 28.1 Å². The number of carbonyl (C=O) groups is 1. The number of carboxylic acids is 1. The number of methoxy groups -OCH3 is 1. The summed E-state index contributed by atoms with van der Waals surface area (Å²) in [6.45, 7) is 0.226. The molecule has 0 saturated heterocycles. The molecule has 3 aromatic rings. The first-order valence-electron chi connectivity index (χ1n) is 11.7. The van der Waals surface area contributed by atoms with E-state index in [4.69, 9.17) is 14.6 Å². The highest BCUT2D eigenvalue weighted by molar-refractivity contribution is 5.82. The molecule has 1 saturated carbocycles. The summed E-state index contributed by atoms with van der Waals surface area (Å²) in [7, 11) is 1.63. The quantitative estimate of drug-likeness (QED) is 0.483. The number of hydrogen-bond donors (Lipinski definition) is 2. The lowest BCUT2D eigenvalue weighted by Crippen LogP contribution is -2.25. The minimum Gasteiger partial charge on any atom is -0.497 e. The molecular weight excluding hydrogens is 432 g/mol. The van der Waals surface area contributed by atoms with Crippen molar-refractivity contribution in [2.45, 2.75) is 32.1 Å². The topological polar surface area (TPSA) is 102 Å². The van der Waals surface area contributed by atoms with E-state index in [2.05, 4.69) is 10.2 Å². The third-order valence-electron chi connectivity index (χ3n) is 6.55. The molecule has 7 heteroatoms. The minimum absolute atomic E-state index is 0.155. The minimum atomic E-state index is -0.939. The van der Waals surface area contributed by atoms with Crippen LogP contribution in [0.1, 0.15) is 31.2 Å². The Balaban J connectivity index is 1.61. The predicted octanol–water partition coefficient (Wildman–Crippen LogP) is 4.56. The highest BCUT2D eigenvalue weighted by Gasteiger charge is 2.25. The van der Waals surface area contributed by atoms with Gasteiger partial charge in [0.1, 0.15) is 12.4 Å². The smallest absolute Gasteiger partial charge is 0.329 e. The number of aromatic nitrogens is 2. The molecule has 1 fully saturated rings. The van der Waals surface area contributed by atoms with Crippen LogP contribution in [0.15, 0.2) is 59.4 Å². The van der Waals surface area contributed by atoms with Crippen molar-refractivity contribution in [2.75, 3.05) is 20.3 Å². The fourth-order valence-electron chi connectivity index (χ4n) is 4.76. The van der Waals surface area contributed by atoms with Crippen LogP contribution in [0, 0.1) is 11.8 Å². The Hall–Kier alpha value is -3.45. The second-order valence-electron chi connectivity index (χ2n) is 8.85. The zero-order chi connectivity index (χ0) is 23.9. The molecule has 1 heterocycles. The summed E-state index contributed by atoms with van der Waals surface area (Å²) in [4.78, 5) is 23.7. The Bertz CT molecular complexity index is 1150. The van der Waals surface area contributed by atoms with Crippen LogP contribution < -0.4 is 10.3 Å². The number of benzene rings is 2. The molecule has 1 aromatic heterocycles. The van der Waals surface area contributed by atoms with Crippen molar-refractivity contribution in [3.05, 3.63) is 70.5 Å². The molecule has 0 radical (unpaired) electrons. The van der Waals surface area contributed by atoms with Gasteiger partial charge in [-0.05, 0) is 61.6 Å². The van der Waals surface area contributed by atoms with Crippen molar-refractivity contribution in [1.29, 1.82) is 0 Å². The zero-order valence-corrected chi connectivity index (χ0v) is 19.3. The summed E-state index contributed by atoms with van der Waals surface area (Å²) in [6.07, 6.45) is 4.56. The molecule has 1 aliphatic rings. The maximum Gasteiger partial charge on any atom is 0.329 e. The maximum absolute atomic E-state index is 13.0. The van der Waals surface area contributed by atoms with Gasteiger partial charge in [0.15, 0.2) is 0 Å². The molecule has 0 amide bonds. The van der Waals surface area contributed by atoms with Gasteiger partial charge in [0.2, 0.25) is 0 Å². The monoisotopic (exact) mass is 462 g/mol. The lowest BCUT2D eigenvalue weighted by atomic mass is 9.78. The van der Waals surface area contributed by atoms with Gasteiger partial charge in [-0.2, -0.15) is 5.10 Å². The van der Waals surface area contributed by atoms with Crippen molar-refractivity contribution < 1.29 is 19.4 Å². The molecule has 1 aliphatic carbocycles. The Morgan fingerprint density at radius 3 is 2.32 bits per heavy atom. The lowest BCUT2D eigenvalue weighted by Gasteiger charge is -2.28. The van der Waals surface area contributed by atoms with E-state index in [1.807, 2.05) is 54.6 Å². The van der Waals surface area contributed by atoms with Gasteiger partial charge >= 0.3 is 5.97 Å². The van der Waals surface area contributed by atoms with E-state index in [9.17, 15) is 9.59 Å². The van der Waals surface area contributed by atoms with Crippen LogP contribution >= 0.6 is 0 Å². The van der Waals surface area contributed by atoms with Crippen LogP contribution in [0.3, 0.4) is 0 Å². The predicted molar refractivity (Wildman–Crippen MR) is 130 cm³/mol. The molecule has 34 heavy (non-hydrogen) atoms. The summed E-state index contributed by atoms with van der Waals surface area (Å²) in [5, 5.41) is 15.9. The second kappa shape index (κ2) is 11.1. The molecular formula is C27H30N2O5. The molecule has 7 nitrogen and oxygen atoms in total. The number of rotatable bonds is 9. The number of carboxylic acid groups (broad SMARTS) is 1. The van der Waals surface area contributed by atoms with E-state index < -0.39 is 5.97 Å². The number of nitrogens with zero attached hydrogens (tertiary/aromatic N) is 1. The maximum atomic E-state index is 13.0. The van der Waals surface area contributed by atoms with Crippen LogP contribution in [0.25, 0.3) is 22.4 Å². The van der Waals surface area contributed by atoms with E-state index >= 15 is 0 Å². The summed E-state index contributed by atoms with van der Waals surface area (Å²) >= 11 is 0. The Labute approximate surface area is 198 Å². The fraction of sp³-hybridized carbons (Fsp3) is 0.370. The van der Waals surface area contributed by atoms with E-state index in [-0.39, 0.29) is 12.2 Å². The second-order valence-corrected chi connectivity index (χ2v) is 8.85. The van der Waals surface area contributed by atoms with Gasteiger partial charge in [-0.3, -0.25) is 4.79 Å². The highest BCUT2D eigenvalue weighted by Crippen LogP contribution is 2.36. The number of aromatic amines is 1. The molecule has 0 atom stereocenters. The third kappa shape index (κ3) is 5.72. The molecule has 0 bridgehead atoms. The first kappa shape index (κ1) is 23.7. The zero-order valence-electron chi connectivity index (χ0n) is 19.3. The largest absolute Gasteiger partial charge is 0.497 e. The summed E-state index contributed by atoms with van der Waals surface area (Å²) < 4.78 is 10.6.